The highest BCUT2D eigenvalue weighted by atomic mass is 32.2. The molecule has 2 aromatic rings. The SMILES string of the molecule is CCC(N)Cc1cc(F)c(Sc2ncnn2C)c(F)c1. The lowest BCUT2D eigenvalue weighted by Crippen LogP contribution is -2.21. The Labute approximate surface area is 120 Å². The number of rotatable bonds is 5. The van der Waals surface area contributed by atoms with Crippen LogP contribution >= 0.6 is 11.8 Å². The van der Waals surface area contributed by atoms with Crippen LogP contribution in [-0.4, -0.2) is 20.8 Å². The molecular weight excluding hydrogens is 282 g/mol. The third-order valence-electron chi connectivity index (χ3n) is 2.94. The Bertz CT molecular complexity index is 577. The van der Waals surface area contributed by atoms with Crippen LogP contribution in [0.25, 0.3) is 0 Å². The van der Waals surface area contributed by atoms with E-state index in [1.165, 1.54) is 23.1 Å². The minimum Gasteiger partial charge on any atom is -0.327 e. The van der Waals surface area contributed by atoms with Crippen molar-refractivity contribution in [2.75, 3.05) is 0 Å². The van der Waals surface area contributed by atoms with Gasteiger partial charge in [0.15, 0.2) is 5.16 Å². The van der Waals surface area contributed by atoms with Crippen molar-refractivity contribution in [2.24, 2.45) is 12.8 Å². The lowest BCUT2D eigenvalue weighted by atomic mass is 10.0. The van der Waals surface area contributed by atoms with Crippen molar-refractivity contribution in [3.8, 4) is 0 Å². The normalized spacial score (nSPS) is 12.7. The average Bonchev–Trinajstić information content (AvgIpc) is 2.79. The summed E-state index contributed by atoms with van der Waals surface area (Å²) >= 11 is 0.916. The lowest BCUT2D eigenvalue weighted by molar-refractivity contribution is 0.532. The number of aromatic nitrogens is 3. The fourth-order valence-corrected chi connectivity index (χ4v) is 2.52. The summed E-state index contributed by atoms with van der Waals surface area (Å²) in [6.45, 7) is 1.94. The van der Waals surface area contributed by atoms with Crippen molar-refractivity contribution < 1.29 is 8.78 Å². The molecule has 20 heavy (non-hydrogen) atoms. The van der Waals surface area contributed by atoms with Crippen molar-refractivity contribution in [1.29, 1.82) is 0 Å². The molecular formula is C13H16F2N4S. The van der Waals surface area contributed by atoms with Gasteiger partial charge < -0.3 is 5.73 Å². The predicted molar refractivity (Wildman–Crippen MR) is 73.5 cm³/mol. The highest BCUT2D eigenvalue weighted by Crippen LogP contribution is 2.31. The fraction of sp³-hybridized carbons (Fsp3) is 0.385. The zero-order valence-corrected chi connectivity index (χ0v) is 12.1. The van der Waals surface area contributed by atoms with Gasteiger partial charge in [-0.2, -0.15) is 5.10 Å². The summed E-state index contributed by atoms with van der Waals surface area (Å²) in [5, 5.41) is 4.29. The summed E-state index contributed by atoms with van der Waals surface area (Å²) in [6, 6.07) is 2.57. The molecule has 1 unspecified atom stereocenters. The Morgan fingerprint density at radius 2 is 2.00 bits per heavy atom. The Balaban J connectivity index is 2.25. The molecule has 108 valence electrons. The smallest absolute Gasteiger partial charge is 0.190 e. The number of halogens is 2. The van der Waals surface area contributed by atoms with Crippen LogP contribution in [-0.2, 0) is 13.5 Å². The number of hydrogen-bond donors (Lipinski definition) is 1. The van der Waals surface area contributed by atoms with Gasteiger partial charge >= 0.3 is 0 Å². The molecule has 0 aliphatic heterocycles. The Morgan fingerprint density at radius 3 is 2.50 bits per heavy atom. The maximum atomic E-state index is 14.0. The van der Waals surface area contributed by atoms with Gasteiger partial charge in [-0.05, 0) is 42.3 Å². The first-order chi connectivity index (χ1) is 9.51. The second-order valence-corrected chi connectivity index (χ2v) is 5.51. The quantitative estimate of drug-likeness (QED) is 0.921. The topological polar surface area (TPSA) is 56.7 Å². The minimum absolute atomic E-state index is 0.0741. The summed E-state index contributed by atoms with van der Waals surface area (Å²) in [5.41, 5.74) is 6.37. The van der Waals surface area contributed by atoms with E-state index in [4.69, 9.17) is 5.73 Å². The summed E-state index contributed by atoms with van der Waals surface area (Å²) in [4.78, 5) is 3.86. The van der Waals surface area contributed by atoms with Gasteiger partial charge in [-0.3, -0.25) is 0 Å². The molecule has 1 aromatic carbocycles. The van der Waals surface area contributed by atoms with Gasteiger partial charge in [0.1, 0.15) is 18.0 Å². The molecule has 0 fully saturated rings. The molecule has 1 aromatic heterocycles. The Morgan fingerprint density at radius 1 is 1.35 bits per heavy atom. The molecule has 0 saturated carbocycles. The van der Waals surface area contributed by atoms with E-state index in [9.17, 15) is 8.78 Å². The third kappa shape index (κ3) is 3.34. The van der Waals surface area contributed by atoms with Crippen LogP contribution in [0.5, 0.6) is 0 Å². The van der Waals surface area contributed by atoms with Crippen molar-refractivity contribution in [1.82, 2.24) is 14.8 Å². The summed E-state index contributed by atoms with van der Waals surface area (Å²) in [5.74, 6) is -1.20. The fourth-order valence-electron chi connectivity index (χ4n) is 1.74. The van der Waals surface area contributed by atoms with Gasteiger partial charge in [0.05, 0.1) is 4.90 Å². The van der Waals surface area contributed by atoms with E-state index in [0.717, 1.165) is 18.2 Å². The molecule has 0 aliphatic carbocycles. The van der Waals surface area contributed by atoms with Crippen LogP contribution in [0, 0.1) is 11.6 Å². The van der Waals surface area contributed by atoms with Crippen molar-refractivity contribution in [3.63, 3.8) is 0 Å². The summed E-state index contributed by atoms with van der Waals surface area (Å²) in [6.07, 6.45) is 2.56. The van der Waals surface area contributed by atoms with Crippen molar-refractivity contribution >= 4 is 11.8 Å². The zero-order chi connectivity index (χ0) is 14.7. The predicted octanol–water partition coefficient (Wildman–Crippen LogP) is 2.52. The molecule has 0 spiro atoms. The van der Waals surface area contributed by atoms with Gasteiger partial charge in [-0.1, -0.05) is 6.92 Å². The number of nitrogens with zero attached hydrogens (tertiary/aromatic N) is 3. The highest BCUT2D eigenvalue weighted by Gasteiger charge is 2.16. The van der Waals surface area contributed by atoms with Gasteiger partial charge in [0.25, 0.3) is 0 Å². The number of aryl methyl sites for hydroxylation is 1. The van der Waals surface area contributed by atoms with E-state index in [0.29, 0.717) is 17.1 Å². The maximum absolute atomic E-state index is 14.0. The van der Waals surface area contributed by atoms with E-state index < -0.39 is 11.6 Å². The molecule has 0 bridgehead atoms. The molecule has 0 aliphatic rings. The standard InChI is InChI=1S/C13H16F2N4S/c1-3-9(16)4-8-5-10(14)12(11(15)6-8)20-13-17-7-18-19(13)2/h5-7,9H,3-4,16H2,1-2H3. The van der Waals surface area contributed by atoms with Crippen molar-refractivity contribution in [3.05, 3.63) is 35.7 Å². The molecule has 0 amide bonds. The van der Waals surface area contributed by atoms with Gasteiger partial charge in [0, 0.05) is 13.1 Å². The maximum Gasteiger partial charge on any atom is 0.190 e. The minimum atomic E-state index is -0.601. The van der Waals surface area contributed by atoms with Crippen molar-refractivity contribution in [2.45, 2.75) is 35.9 Å². The molecule has 0 radical (unpaired) electrons. The van der Waals surface area contributed by atoms with Crippen LogP contribution in [0.2, 0.25) is 0 Å². The number of benzene rings is 1. The Kier molecular flexibility index (Phi) is 4.72. The first kappa shape index (κ1) is 14.9. The van der Waals surface area contributed by atoms with Crippen LogP contribution in [0.15, 0.2) is 28.5 Å². The van der Waals surface area contributed by atoms with Crippen LogP contribution in [0.1, 0.15) is 18.9 Å². The van der Waals surface area contributed by atoms with E-state index in [1.54, 1.807) is 7.05 Å². The molecule has 1 heterocycles. The van der Waals surface area contributed by atoms with Crippen LogP contribution < -0.4 is 5.73 Å². The average molecular weight is 298 g/mol. The monoisotopic (exact) mass is 298 g/mol. The summed E-state index contributed by atoms with van der Waals surface area (Å²) in [7, 11) is 1.67. The van der Waals surface area contributed by atoms with E-state index in [2.05, 4.69) is 10.1 Å². The van der Waals surface area contributed by atoms with Gasteiger partial charge in [0.2, 0.25) is 0 Å². The molecule has 2 N–H and O–H groups in total. The molecule has 0 saturated heterocycles. The van der Waals surface area contributed by atoms with Gasteiger partial charge in [-0.25, -0.2) is 18.4 Å². The zero-order valence-electron chi connectivity index (χ0n) is 11.3. The first-order valence-corrected chi connectivity index (χ1v) is 7.08. The van der Waals surface area contributed by atoms with E-state index >= 15 is 0 Å². The van der Waals surface area contributed by atoms with E-state index in [-0.39, 0.29) is 10.9 Å². The number of nitrogens with two attached hydrogens (primary N) is 1. The summed E-state index contributed by atoms with van der Waals surface area (Å²) < 4.78 is 29.5. The van der Waals surface area contributed by atoms with Crippen LogP contribution in [0.4, 0.5) is 8.78 Å². The van der Waals surface area contributed by atoms with Gasteiger partial charge in [-0.15, -0.1) is 0 Å². The largest absolute Gasteiger partial charge is 0.327 e. The molecule has 4 nitrogen and oxygen atoms in total. The second kappa shape index (κ2) is 6.32. The lowest BCUT2D eigenvalue weighted by Gasteiger charge is -2.11. The number of hydrogen-bond acceptors (Lipinski definition) is 4. The highest BCUT2D eigenvalue weighted by molar-refractivity contribution is 7.99. The molecule has 7 heteroatoms. The molecule has 2 rings (SSSR count). The molecule has 1 atom stereocenters. The van der Waals surface area contributed by atoms with E-state index in [1.807, 2.05) is 6.92 Å². The van der Waals surface area contributed by atoms with Crippen LogP contribution in [0.3, 0.4) is 0 Å². The Hall–Kier alpha value is -1.47. The first-order valence-electron chi connectivity index (χ1n) is 6.26. The second-order valence-electron chi connectivity index (χ2n) is 4.53. The third-order valence-corrected chi connectivity index (χ3v) is 4.09.